The Kier molecular flexibility index (Phi) is 6.49. The van der Waals surface area contributed by atoms with Crippen LogP contribution >= 0.6 is 34.5 Å². The Morgan fingerprint density at radius 1 is 1.19 bits per heavy atom. The van der Waals surface area contributed by atoms with Crippen LogP contribution in [0.5, 0.6) is 5.75 Å². The molecular formula is C20H21Cl2N5O3S. The zero-order valence-electron chi connectivity index (χ0n) is 16.8. The van der Waals surface area contributed by atoms with E-state index in [1.165, 1.54) is 6.07 Å². The second-order valence-electron chi connectivity index (χ2n) is 7.32. The lowest BCUT2D eigenvalue weighted by Crippen LogP contribution is -2.45. The molecule has 1 aromatic carbocycles. The first-order chi connectivity index (χ1) is 14.8. The van der Waals surface area contributed by atoms with E-state index in [1.54, 1.807) is 12.1 Å². The molecule has 0 spiro atoms. The highest BCUT2D eigenvalue weighted by Crippen LogP contribution is 2.40. The van der Waals surface area contributed by atoms with Crippen molar-refractivity contribution in [1.82, 2.24) is 19.8 Å². The summed E-state index contributed by atoms with van der Waals surface area (Å²) in [5.41, 5.74) is 6.86. The van der Waals surface area contributed by atoms with Gasteiger partial charge in [0, 0.05) is 43.7 Å². The predicted octanol–water partition coefficient (Wildman–Crippen LogP) is 3.57. The monoisotopic (exact) mass is 481 g/mol. The van der Waals surface area contributed by atoms with Crippen LogP contribution in [0.2, 0.25) is 10.0 Å². The molecule has 4 rings (SSSR count). The van der Waals surface area contributed by atoms with Crippen molar-refractivity contribution in [1.29, 1.82) is 0 Å². The van der Waals surface area contributed by atoms with Crippen molar-refractivity contribution < 1.29 is 14.6 Å². The Morgan fingerprint density at radius 2 is 1.94 bits per heavy atom. The quantitative estimate of drug-likeness (QED) is 0.550. The highest BCUT2D eigenvalue weighted by molar-refractivity contribution is 7.20. The number of likely N-dealkylation sites (N-methyl/N-ethyl adjacent to an activating group) is 1. The van der Waals surface area contributed by atoms with Crippen LogP contribution in [0.15, 0.2) is 18.2 Å². The summed E-state index contributed by atoms with van der Waals surface area (Å²) < 4.78 is 5.96. The number of halogens is 2. The SMILES string of the molecule is CN1CCN(CCOc2cc(-c3nc(N)nc4sc(C(=O)O)cc34)c(Cl)cc2Cl)CC1. The number of ether oxygens (including phenoxy) is 1. The van der Waals surface area contributed by atoms with Gasteiger partial charge in [0.05, 0.1) is 15.7 Å². The summed E-state index contributed by atoms with van der Waals surface area (Å²) in [6.45, 7) is 5.35. The highest BCUT2D eigenvalue weighted by Gasteiger charge is 2.20. The Bertz CT molecular complexity index is 1130. The van der Waals surface area contributed by atoms with E-state index in [1.807, 2.05) is 0 Å². The number of benzene rings is 1. The van der Waals surface area contributed by atoms with Gasteiger partial charge in [-0.2, -0.15) is 0 Å². The van der Waals surface area contributed by atoms with Gasteiger partial charge in [0.1, 0.15) is 22.1 Å². The van der Waals surface area contributed by atoms with Gasteiger partial charge in [-0.1, -0.05) is 23.2 Å². The molecule has 8 nitrogen and oxygen atoms in total. The molecule has 3 N–H and O–H groups in total. The summed E-state index contributed by atoms with van der Waals surface area (Å²) in [6, 6.07) is 4.84. The fraction of sp³-hybridized carbons (Fsp3) is 0.350. The Balaban J connectivity index is 1.61. The van der Waals surface area contributed by atoms with Crippen molar-refractivity contribution in [2.24, 2.45) is 0 Å². The number of fused-ring (bicyclic) bond motifs is 1. The molecule has 1 saturated heterocycles. The van der Waals surface area contributed by atoms with Crippen LogP contribution in [0, 0.1) is 0 Å². The van der Waals surface area contributed by atoms with Crippen LogP contribution in [0.4, 0.5) is 5.95 Å². The van der Waals surface area contributed by atoms with E-state index in [9.17, 15) is 9.90 Å². The van der Waals surface area contributed by atoms with Crippen LogP contribution in [0.25, 0.3) is 21.5 Å². The van der Waals surface area contributed by atoms with Crippen molar-refractivity contribution >= 4 is 56.7 Å². The number of anilines is 1. The fourth-order valence-electron chi connectivity index (χ4n) is 3.43. The largest absolute Gasteiger partial charge is 0.491 e. The smallest absolute Gasteiger partial charge is 0.345 e. The van der Waals surface area contributed by atoms with E-state index >= 15 is 0 Å². The first-order valence-corrected chi connectivity index (χ1v) is 11.2. The first kappa shape index (κ1) is 22.0. The minimum atomic E-state index is -1.04. The molecule has 31 heavy (non-hydrogen) atoms. The first-order valence-electron chi connectivity index (χ1n) is 9.65. The third-order valence-electron chi connectivity index (χ3n) is 5.16. The highest BCUT2D eigenvalue weighted by atomic mass is 35.5. The van der Waals surface area contributed by atoms with E-state index in [2.05, 4.69) is 26.8 Å². The number of carboxylic acids is 1. The van der Waals surface area contributed by atoms with Gasteiger partial charge in [0.15, 0.2) is 0 Å². The minimum absolute atomic E-state index is 0.0323. The molecule has 1 aliphatic heterocycles. The summed E-state index contributed by atoms with van der Waals surface area (Å²) in [5.74, 6) is -0.526. The number of carboxylic acid groups (broad SMARTS) is 1. The molecule has 1 aliphatic rings. The van der Waals surface area contributed by atoms with Crippen LogP contribution in [-0.2, 0) is 0 Å². The van der Waals surface area contributed by atoms with Crippen LogP contribution in [0.3, 0.4) is 0 Å². The van der Waals surface area contributed by atoms with Crippen LogP contribution in [0.1, 0.15) is 9.67 Å². The normalized spacial score (nSPS) is 15.5. The molecule has 2 aromatic heterocycles. The van der Waals surface area contributed by atoms with Crippen molar-refractivity contribution in [3.05, 3.63) is 33.1 Å². The Labute approximate surface area is 193 Å². The van der Waals surface area contributed by atoms with Crippen LogP contribution in [-0.4, -0.2) is 77.2 Å². The van der Waals surface area contributed by atoms with E-state index in [0.29, 0.717) is 43.9 Å². The van der Waals surface area contributed by atoms with Crippen LogP contribution < -0.4 is 10.5 Å². The maximum Gasteiger partial charge on any atom is 0.345 e. The molecular weight excluding hydrogens is 461 g/mol. The van der Waals surface area contributed by atoms with Gasteiger partial charge >= 0.3 is 5.97 Å². The molecule has 0 aliphatic carbocycles. The molecule has 0 atom stereocenters. The summed E-state index contributed by atoms with van der Waals surface area (Å²) in [4.78, 5) is 25.1. The number of carbonyl (C=O) groups is 1. The number of thiophene rings is 1. The number of aromatic nitrogens is 2. The number of piperazine rings is 1. The Morgan fingerprint density at radius 3 is 2.65 bits per heavy atom. The lowest BCUT2D eigenvalue weighted by Gasteiger charge is -2.32. The molecule has 0 unspecified atom stereocenters. The predicted molar refractivity (Wildman–Crippen MR) is 124 cm³/mol. The summed E-state index contributed by atoms with van der Waals surface area (Å²) in [6.07, 6.45) is 0. The van der Waals surface area contributed by atoms with Gasteiger partial charge < -0.3 is 20.5 Å². The summed E-state index contributed by atoms with van der Waals surface area (Å²) in [7, 11) is 2.12. The number of hydrogen-bond acceptors (Lipinski definition) is 8. The van der Waals surface area contributed by atoms with Gasteiger partial charge in [-0.25, -0.2) is 14.8 Å². The Hall–Kier alpha value is -2.17. The zero-order valence-corrected chi connectivity index (χ0v) is 19.1. The van der Waals surface area contributed by atoms with Gasteiger partial charge in [0.2, 0.25) is 5.95 Å². The maximum absolute atomic E-state index is 11.4. The summed E-state index contributed by atoms with van der Waals surface area (Å²) in [5, 5.41) is 10.6. The second kappa shape index (κ2) is 9.13. The van der Waals surface area contributed by atoms with Gasteiger partial charge in [0.25, 0.3) is 0 Å². The lowest BCUT2D eigenvalue weighted by atomic mass is 10.1. The van der Waals surface area contributed by atoms with E-state index < -0.39 is 5.97 Å². The molecule has 164 valence electrons. The molecule has 0 radical (unpaired) electrons. The van der Waals surface area contributed by atoms with E-state index in [4.69, 9.17) is 33.7 Å². The van der Waals surface area contributed by atoms with E-state index in [0.717, 1.165) is 44.1 Å². The van der Waals surface area contributed by atoms with Gasteiger partial charge in [-0.15, -0.1) is 11.3 Å². The zero-order chi connectivity index (χ0) is 22.1. The standard InChI is InChI=1S/C20H21Cl2N5O3S/c1-26-2-4-27(5-3-26)6-7-30-15-8-11(13(21)10-14(15)22)17-12-9-16(19(28)29)31-18(12)25-20(23)24-17/h8-10H,2-7H2,1H3,(H,28,29)(H2,23,24,25). The molecule has 3 heterocycles. The van der Waals surface area contributed by atoms with Gasteiger partial charge in [-0.3, -0.25) is 4.90 Å². The maximum atomic E-state index is 11.4. The molecule has 0 saturated carbocycles. The van der Waals surface area contributed by atoms with Crippen molar-refractivity contribution in [2.45, 2.75) is 0 Å². The average Bonchev–Trinajstić information content (AvgIpc) is 3.15. The second-order valence-corrected chi connectivity index (χ2v) is 9.17. The molecule has 0 amide bonds. The topological polar surface area (TPSA) is 105 Å². The fourth-order valence-corrected chi connectivity index (χ4v) is 4.83. The van der Waals surface area contributed by atoms with E-state index in [-0.39, 0.29) is 10.8 Å². The number of nitrogens with two attached hydrogens (primary N) is 1. The molecule has 11 heteroatoms. The van der Waals surface area contributed by atoms with Crippen molar-refractivity contribution in [2.75, 3.05) is 52.1 Å². The minimum Gasteiger partial charge on any atom is -0.491 e. The van der Waals surface area contributed by atoms with Crippen molar-refractivity contribution in [3.8, 4) is 17.0 Å². The lowest BCUT2D eigenvalue weighted by molar-refractivity contribution is 0.0702. The third kappa shape index (κ3) is 4.86. The summed E-state index contributed by atoms with van der Waals surface area (Å²) >= 11 is 13.9. The number of hydrogen-bond donors (Lipinski definition) is 2. The molecule has 0 bridgehead atoms. The number of nitrogens with zero attached hydrogens (tertiary/aromatic N) is 4. The molecule has 1 fully saturated rings. The van der Waals surface area contributed by atoms with Gasteiger partial charge in [-0.05, 0) is 25.2 Å². The third-order valence-corrected chi connectivity index (χ3v) is 6.78. The average molecular weight is 482 g/mol. The molecule has 3 aromatic rings. The van der Waals surface area contributed by atoms with Crippen molar-refractivity contribution in [3.63, 3.8) is 0 Å². The number of nitrogen functional groups attached to an aromatic ring is 1. The number of rotatable bonds is 6. The number of aromatic carboxylic acids is 1.